The fraction of sp³-hybridized carbons (Fsp3) is 0.120. The molecule has 0 aliphatic carbocycles. The van der Waals surface area contributed by atoms with Crippen LogP contribution in [0.4, 0.5) is 4.39 Å². The van der Waals surface area contributed by atoms with Gasteiger partial charge in [-0.15, -0.1) is 0 Å². The Morgan fingerprint density at radius 3 is 2.55 bits per heavy atom. The summed E-state index contributed by atoms with van der Waals surface area (Å²) in [4.78, 5) is 16.7. The lowest BCUT2D eigenvalue weighted by Crippen LogP contribution is -2.06. The first-order valence-corrected chi connectivity index (χ1v) is 9.67. The van der Waals surface area contributed by atoms with Crippen molar-refractivity contribution in [2.75, 3.05) is 7.11 Å². The number of hydrogen-bond acceptors (Lipinski definition) is 5. The summed E-state index contributed by atoms with van der Waals surface area (Å²) in [6.45, 7) is 2.20. The van der Waals surface area contributed by atoms with E-state index in [-0.39, 0.29) is 18.1 Å². The van der Waals surface area contributed by atoms with Crippen LogP contribution in [0.3, 0.4) is 0 Å². The summed E-state index contributed by atoms with van der Waals surface area (Å²) in [5.41, 5.74) is 3.51. The fourth-order valence-electron chi connectivity index (χ4n) is 3.13. The number of rotatable bonds is 6. The number of esters is 1. The van der Waals surface area contributed by atoms with Crippen molar-refractivity contribution in [1.82, 2.24) is 0 Å². The van der Waals surface area contributed by atoms with Crippen LogP contribution in [0, 0.1) is 12.7 Å². The highest BCUT2D eigenvalue weighted by atomic mass is 19.1. The molecule has 0 N–H and O–H groups in total. The molecular weight excluding hydrogens is 397 g/mol. The lowest BCUT2D eigenvalue weighted by Gasteiger charge is -2.11. The molecule has 4 rings (SSSR count). The number of carbonyl (C=O) groups is 1. The number of cyclic esters (lactones) is 1. The molecule has 0 atom stereocenters. The zero-order chi connectivity index (χ0) is 21.8. The van der Waals surface area contributed by atoms with Crippen LogP contribution >= 0.6 is 0 Å². The van der Waals surface area contributed by atoms with Crippen LogP contribution in [0.2, 0.25) is 0 Å². The molecule has 5 nitrogen and oxygen atoms in total. The second-order valence-corrected chi connectivity index (χ2v) is 6.98. The number of methoxy groups -OCH3 is 1. The molecule has 0 bridgehead atoms. The number of carbonyl (C=O) groups excluding carboxylic acids is 1. The number of ether oxygens (including phenoxy) is 3. The molecule has 3 aromatic carbocycles. The summed E-state index contributed by atoms with van der Waals surface area (Å²) >= 11 is 0. The van der Waals surface area contributed by atoms with Gasteiger partial charge >= 0.3 is 5.97 Å². The van der Waals surface area contributed by atoms with Gasteiger partial charge < -0.3 is 14.2 Å². The van der Waals surface area contributed by atoms with E-state index in [0.717, 1.165) is 16.7 Å². The molecule has 1 aliphatic heterocycles. The molecule has 0 aromatic heterocycles. The van der Waals surface area contributed by atoms with Crippen LogP contribution in [0.1, 0.15) is 22.3 Å². The molecule has 0 saturated heterocycles. The van der Waals surface area contributed by atoms with Gasteiger partial charge in [-0.25, -0.2) is 14.2 Å². The number of nitrogens with zero attached hydrogens (tertiary/aromatic N) is 1. The summed E-state index contributed by atoms with van der Waals surface area (Å²) in [7, 11) is 1.54. The summed E-state index contributed by atoms with van der Waals surface area (Å²) in [6.07, 6.45) is 1.64. The first kappa shape index (κ1) is 20.3. The van der Waals surface area contributed by atoms with Gasteiger partial charge in [0.15, 0.2) is 17.2 Å². The average molecular weight is 417 g/mol. The zero-order valence-electron chi connectivity index (χ0n) is 17.1. The quantitative estimate of drug-likeness (QED) is 0.415. The summed E-state index contributed by atoms with van der Waals surface area (Å²) in [5.74, 6) is 0.532. The molecule has 0 radical (unpaired) electrons. The van der Waals surface area contributed by atoms with Crippen molar-refractivity contribution < 1.29 is 23.4 Å². The second kappa shape index (κ2) is 8.83. The minimum absolute atomic E-state index is 0.209. The van der Waals surface area contributed by atoms with Gasteiger partial charge in [-0.1, -0.05) is 36.4 Å². The van der Waals surface area contributed by atoms with E-state index in [9.17, 15) is 9.18 Å². The maximum absolute atomic E-state index is 13.0. The lowest BCUT2D eigenvalue weighted by atomic mass is 10.1. The highest BCUT2D eigenvalue weighted by Crippen LogP contribution is 2.30. The maximum atomic E-state index is 13.0. The van der Waals surface area contributed by atoms with Crippen molar-refractivity contribution >= 4 is 17.9 Å². The van der Waals surface area contributed by atoms with Crippen molar-refractivity contribution in [3.8, 4) is 11.5 Å². The maximum Gasteiger partial charge on any atom is 0.363 e. The molecule has 1 heterocycles. The zero-order valence-corrected chi connectivity index (χ0v) is 17.1. The van der Waals surface area contributed by atoms with Gasteiger partial charge in [0.2, 0.25) is 5.90 Å². The molecule has 156 valence electrons. The van der Waals surface area contributed by atoms with Gasteiger partial charge in [0, 0.05) is 5.56 Å². The minimum Gasteiger partial charge on any atom is -0.493 e. The topological polar surface area (TPSA) is 57.1 Å². The van der Waals surface area contributed by atoms with Crippen molar-refractivity contribution in [3.05, 3.63) is 100 Å². The lowest BCUT2D eigenvalue weighted by molar-refractivity contribution is -0.129. The van der Waals surface area contributed by atoms with Gasteiger partial charge in [0.25, 0.3) is 0 Å². The minimum atomic E-state index is -0.506. The second-order valence-electron chi connectivity index (χ2n) is 6.98. The first-order valence-electron chi connectivity index (χ1n) is 9.67. The fourth-order valence-corrected chi connectivity index (χ4v) is 3.13. The van der Waals surface area contributed by atoms with Crippen molar-refractivity contribution in [2.24, 2.45) is 4.99 Å². The van der Waals surface area contributed by atoms with E-state index in [4.69, 9.17) is 14.2 Å². The number of hydrogen-bond donors (Lipinski definition) is 0. The normalized spacial score (nSPS) is 14.4. The van der Waals surface area contributed by atoms with Gasteiger partial charge in [-0.05, 0) is 60.0 Å². The molecule has 31 heavy (non-hydrogen) atoms. The van der Waals surface area contributed by atoms with Gasteiger partial charge in [-0.3, -0.25) is 0 Å². The molecule has 0 fully saturated rings. The number of halogens is 1. The monoisotopic (exact) mass is 417 g/mol. The number of aryl methyl sites for hydroxylation is 1. The molecule has 3 aromatic rings. The van der Waals surface area contributed by atoms with Crippen LogP contribution in [0.25, 0.3) is 6.08 Å². The Morgan fingerprint density at radius 1 is 1.03 bits per heavy atom. The number of aliphatic imine (C=N–C) groups is 1. The predicted octanol–water partition coefficient (Wildman–Crippen LogP) is 5.07. The van der Waals surface area contributed by atoms with E-state index in [0.29, 0.717) is 23.0 Å². The molecule has 1 aliphatic rings. The van der Waals surface area contributed by atoms with Crippen LogP contribution < -0.4 is 9.47 Å². The molecule has 6 heteroatoms. The van der Waals surface area contributed by atoms with Crippen LogP contribution in [0.15, 0.2) is 77.4 Å². The van der Waals surface area contributed by atoms with Gasteiger partial charge in [0.05, 0.1) is 7.11 Å². The van der Waals surface area contributed by atoms with E-state index in [1.54, 1.807) is 36.4 Å². The van der Waals surface area contributed by atoms with Crippen LogP contribution in [-0.4, -0.2) is 19.0 Å². The third kappa shape index (κ3) is 4.64. The molecule has 0 amide bonds. The van der Waals surface area contributed by atoms with Crippen LogP contribution in [-0.2, 0) is 16.1 Å². The Labute approximate surface area is 179 Å². The van der Waals surface area contributed by atoms with Crippen molar-refractivity contribution in [2.45, 2.75) is 13.5 Å². The standard InChI is InChI=1S/C25H20FNO4/c1-16-5-3-4-6-20(16)24-27-21(25(28)31-24)13-18-9-12-22(23(14-18)29-2)30-15-17-7-10-19(26)11-8-17/h3-14H,15H2,1-2H3/b21-13-. The predicted molar refractivity (Wildman–Crippen MR) is 116 cm³/mol. The van der Waals surface area contributed by atoms with E-state index in [1.165, 1.54) is 19.2 Å². The van der Waals surface area contributed by atoms with Crippen molar-refractivity contribution in [1.29, 1.82) is 0 Å². The smallest absolute Gasteiger partial charge is 0.363 e. The van der Waals surface area contributed by atoms with E-state index < -0.39 is 5.97 Å². The Balaban J connectivity index is 1.54. The Hall–Kier alpha value is -3.93. The Bertz CT molecular complexity index is 1180. The first-order chi connectivity index (χ1) is 15.0. The Kier molecular flexibility index (Phi) is 5.80. The third-order valence-corrected chi connectivity index (χ3v) is 4.79. The molecule has 0 spiro atoms. The highest BCUT2D eigenvalue weighted by Gasteiger charge is 2.25. The van der Waals surface area contributed by atoms with Crippen LogP contribution in [0.5, 0.6) is 11.5 Å². The highest BCUT2D eigenvalue weighted by molar-refractivity contribution is 6.13. The SMILES string of the molecule is COc1cc(/C=C2\N=C(c3ccccc3C)OC2=O)ccc1OCc1ccc(F)cc1. The number of benzene rings is 3. The van der Waals surface area contributed by atoms with E-state index >= 15 is 0 Å². The largest absolute Gasteiger partial charge is 0.493 e. The van der Waals surface area contributed by atoms with Gasteiger partial charge in [-0.2, -0.15) is 0 Å². The molecular formula is C25H20FNO4. The third-order valence-electron chi connectivity index (χ3n) is 4.79. The van der Waals surface area contributed by atoms with Gasteiger partial charge in [0.1, 0.15) is 12.4 Å². The average Bonchev–Trinajstić information content (AvgIpc) is 3.14. The Morgan fingerprint density at radius 2 is 1.81 bits per heavy atom. The molecule has 0 unspecified atom stereocenters. The summed E-state index contributed by atoms with van der Waals surface area (Å²) < 4.78 is 29.6. The van der Waals surface area contributed by atoms with E-state index in [2.05, 4.69) is 4.99 Å². The summed E-state index contributed by atoms with van der Waals surface area (Å²) in [6, 6.07) is 19.0. The van der Waals surface area contributed by atoms with E-state index in [1.807, 2.05) is 31.2 Å². The molecule has 0 saturated carbocycles. The summed E-state index contributed by atoms with van der Waals surface area (Å²) in [5, 5.41) is 0. The van der Waals surface area contributed by atoms with Crippen molar-refractivity contribution in [3.63, 3.8) is 0 Å².